The number of benzene rings is 3. The molecule has 0 aliphatic carbocycles. The molecule has 1 aromatic heterocycles. The quantitative estimate of drug-likeness (QED) is 0.350. The zero-order valence-corrected chi connectivity index (χ0v) is 21.0. The number of aliphatic hydroxyl groups excluding tert-OH is 1. The lowest BCUT2D eigenvalue weighted by Crippen LogP contribution is -2.46. The fourth-order valence-corrected chi connectivity index (χ4v) is 5.05. The first-order valence-corrected chi connectivity index (χ1v) is 12.5. The fraction of sp³-hybridized carbons (Fsp3) is 0.267. The van der Waals surface area contributed by atoms with Crippen molar-refractivity contribution in [2.75, 3.05) is 20.3 Å². The Hall–Kier alpha value is -3.98. The van der Waals surface area contributed by atoms with E-state index in [0.29, 0.717) is 0 Å². The summed E-state index contributed by atoms with van der Waals surface area (Å²) in [6, 6.07) is 28.4. The number of nitrogens with zero attached hydrogens (tertiary/aromatic N) is 1. The van der Waals surface area contributed by atoms with Gasteiger partial charge in [0, 0.05) is 18.7 Å². The maximum atomic E-state index is 12.2. The third kappa shape index (κ3) is 5.06. The summed E-state index contributed by atoms with van der Waals surface area (Å²) >= 11 is 0. The third-order valence-electron chi connectivity index (χ3n) is 7.00. The molecule has 4 aromatic rings. The fourth-order valence-electron chi connectivity index (χ4n) is 5.05. The van der Waals surface area contributed by atoms with Crippen LogP contribution in [0.4, 0.5) is 0 Å². The van der Waals surface area contributed by atoms with Gasteiger partial charge in [-0.15, -0.1) is 0 Å². The summed E-state index contributed by atoms with van der Waals surface area (Å²) in [5, 5.41) is 10.9. The van der Waals surface area contributed by atoms with E-state index in [1.807, 2.05) is 84.9 Å². The maximum Gasteiger partial charge on any atom is 0.328 e. The molecule has 1 aliphatic rings. The number of hydrogen-bond acceptors (Lipinski definition) is 6. The number of hydrogen-bond donors (Lipinski definition) is 2. The second-order valence-electron chi connectivity index (χ2n) is 9.30. The Kier molecular flexibility index (Phi) is 7.55. The molecule has 38 heavy (non-hydrogen) atoms. The average molecular weight is 515 g/mol. The van der Waals surface area contributed by atoms with Crippen molar-refractivity contribution >= 4 is 0 Å². The van der Waals surface area contributed by atoms with E-state index >= 15 is 0 Å². The maximum absolute atomic E-state index is 12.2. The molecule has 1 aliphatic heterocycles. The van der Waals surface area contributed by atoms with Crippen molar-refractivity contribution in [1.29, 1.82) is 0 Å². The molecule has 0 unspecified atom stereocenters. The Labute approximate surface area is 220 Å². The SMILES string of the molecule is COc1ccc(C(OC[C@@H]2C[C@H](O)[C@H](n3ccc(=O)[nH]c3=O)CO2)(c2ccccc2)c2ccccc2)cc1. The van der Waals surface area contributed by atoms with Crippen molar-refractivity contribution in [2.45, 2.75) is 30.3 Å². The molecule has 5 rings (SSSR count). The molecule has 0 bridgehead atoms. The molecule has 2 heterocycles. The van der Waals surface area contributed by atoms with Gasteiger partial charge in [-0.3, -0.25) is 14.3 Å². The highest BCUT2D eigenvalue weighted by Gasteiger charge is 2.40. The second kappa shape index (κ2) is 11.2. The minimum Gasteiger partial charge on any atom is -0.497 e. The monoisotopic (exact) mass is 514 g/mol. The number of methoxy groups -OCH3 is 1. The molecule has 196 valence electrons. The van der Waals surface area contributed by atoms with Gasteiger partial charge in [-0.25, -0.2) is 4.79 Å². The standard InChI is InChI=1S/C30H30N2O6/c1-36-24-14-12-23(13-15-24)30(21-8-4-2-5-9-21,22-10-6-3-7-11-22)38-19-25-18-27(33)26(20-37-25)32-17-16-28(34)31-29(32)35/h2-17,25-27,33H,18-20H2,1H3,(H,31,34,35)/t25-,26+,27-/m0/s1. The molecule has 0 radical (unpaired) electrons. The smallest absolute Gasteiger partial charge is 0.328 e. The molecule has 3 aromatic carbocycles. The van der Waals surface area contributed by atoms with Gasteiger partial charge < -0.3 is 19.3 Å². The number of nitrogens with one attached hydrogen (secondary N) is 1. The first-order chi connectivity index (χ1) is 18.5. The molecule has 2 N–H and O–H groups in total. The van der Waals surface area contributed by atoms with Crippen molar-refractivity contribution in [1.82, 2.24) is 9.55 Å². The van der Waals surface area contributed by atoms with Crippen LogP contribution < -0.4 is 16.0 Å². The van der Waals surface area contributed by atoms with Crippen LogP contribution in [-0.2, 0) is 15.1 Å². The second-order valence-corrected chi connectivity index (χ2v) is 9.30. The summed E-state index contributed by atoms with van der Waals surface area (Å²) in [5.41, 5.74) is 0.808. The summed E-state index contributed by atoms with van der Waals surface area (Å²) in [7, 11) is 1.63. The van der Waals surface area contributed by atoms with Crippen LogP contribution >= 0.6 is 0 Å². The van der Waals surface area contributed by atoms with Gasteiger partial charge >= 0.3 is 5.69 Å². The van der Waals surface area contributed by atoms with Crippen LogP contribution in [0.15, 0.2) is 107 Å². The molecule has 1 fully saturated rings. The average Bonchev–Trinajstić information content (AvgIpc) is 2.95. The first-order valence-electron chi connectivity index (χ1n) is 12.5. The predicted molar refractivity (Wildman–Crippen MR) is 142 cm³/mol. The summed E-state index contributed by atoms with van der Waals surface area (Å²) in [5.74, 6) is 0.742. The molecular weight excluding hydrogens is 484 g/mol. The van der Waals surface area contributed by atoms with Crippen molar-refractivity contribution in [3.8, 4) is 5.75 Å². The lowest BCUT2D eigenvalue weighted by atomic mass is 9.80. The van der Waals surface area contributed by atoms with Gasteiger partial charge in [0.2, 0.25) is 0 Å². The van der Waals surface area contributed by atoms with Crippen LogP contribution in [0.25, 0.3) is 0 Å². The van der Waals surface area contributed by atoms with E-state index in [9.17, 15) is 14.7 Å². The van der Waals surface area contributed by atoms with E-state index in [1.54, 1.807) is 7.11 Å². The van der Waals surface area contributed by atoms with Gasteiger partial charge in [0.15, 0.2) is 0 Å². The van der Waals surface area contributed by atoms with Crippen LogP contribution in [0.2, 0.25) is 0 Å². The van der Waals surface area contributed by atoms with Crippen LogP contribution in [0, 0.1) is 0 Å². The van der Waals surface area contributed by atoms with Crippen molar-refractivity contribution in [3.63, 3.8) is 0 Å². The number of rotatable bonds is 8. The Morgan fingerprint density at radius 3 is 2.08 bits per heavy atom. The zero-order valence-electron chi connectivity index (χ0n) is 21.0. The van der Waals surface area contributed by atoms with E-state index in [-0.39, 0.29) is 19.6 Å². The Morgan fingerprint density at radius 1 is 0.921 bits per heavy atom. The summed E-state index contributed by atoms with van der Waals surface area (Å²) in [6.07, 6.45) is 0.377. The lowest BCUT2D eigenvalue weighted by molar-refractivity contribution is -0.123. The highest BCUT2D eigenvalue weighted by molar-refractivity contribution is 5.48. The minimum atomic E-state index is -0.949. The number of ether oxygens (including phenoxy) is 3. The van der Waals surface area contributed by atoms with E-state index in [1.165, 1.54) is 16.8 Å². The van der Waals surface area contributed by atoms with Gasteiger partial charge in [-0.1, -0.05) is 72.8 Å². The minimum absolute atomic E-state index is 0.105. The molecule has 0 spiro atoms. The zero-order chi connectivity index (χ0) is 26.5. The molecule has 8 nitrogen and oxygen atoms in total. The normalized spacial score (nSPS) is 19.7. The van der Waals surface area contributed by atoms with Crippen LogP contribution in [0.3, 0.4) is 0 Å². The largest absolute Gasteiger partial charge is 0.497 e. The Bertz CT molecular complexity index is 1410. The van der Waals surface area contributed by atoms with Gasteiger partial charge in [-0.05, 0) is 28.8 Å². The molecule has 8 heteroatoms. The molecule has 1 saturated heterocycles. The third-order valence-corrected chi connectivity index (χ3v) is 7.00. The number of aromatic nitrogens is 2. The van der Waals surface area contributed by atoms with E-state index < -0.39 is 35.1 Å². The van der Waals surface area contributed by atoms with Gasteiger partial charge in [-0.2, -0.15) is 0 Å². The number of aromatic amines is 1. The highest BCUT2D eigenvalue weighted by atomic mass is 16.5. The number of H-pyrrole nitrogens is 1. The molecule has 0 saturated carbocycles. The summed E-state index contributed by atoms with van der Waals surface area (Å²) in [6.45, 7) is 0.299. The van der Waals surface area contributed by atoms with E-state index in [4.69, 9.17) is 14.2 Å². The Morgan fingerprint density at radius 2 is 1.53 bits per heavy atom. The van der Waals surface area contributed by atoms with Crippen molar-refractivity contribution in [3.05, 3.63) is 135 Å². The Balaban J connectivity index is 1.46. The van der Waals surface area contributed by atoms with E-state index in [2.05, 4.69) is 4.98 Å². The molecule has 0 amide bonds. The van der Waals surface area contributed by atoms with Crippen molar-refractivity contribution < 1.29 is 19.3 Å². The summed E-state index contributed by atoms with van der Waals surface area (Å²) < 4.78 is 19.6. The summed E-state index contributed by atoms with van der Waals surface area (Å²) in [4.78, 5) is 25.9. The van der Waals surface area contributed by atoms with E-state index in [0.717, 1.165) is 22.4 Å². The van der Waals surface area contributed by atoms with Gasteiger partial charge in [0.1, 0.15) is 11.4 Å². The predicted octanol–water partition coefficient (Wildman–Crippen LogP) is 3.24. The topological polar surface area (TPSA) is 103 Å². The van der Waals surface area contributed by atoms with Crippen molar-refractivity contribution in [2.24, 2.45) is 0 Å². The van der Waals surface area contributed by atoms with Gasteiger partial charge in [0.05, 0.1) is 38.6 Å². The van der Waals surface area contributed by atoms with Crippen LogP contribution in [-0.4, -0.2) is 47.2 Å². The van der Waals surface area contributed by atoms with Crippen LogP contribution in [0.5, 0.6) is 5.75 Å². The van der Waals surface area contributed by atoms with Crippen LogP contribution in [0.1, 0.15) is 29.2 Å². The first kappa shape index (κ1) is 25.7. The molecular formula is C30H30N2O6. The lowest BCUT2D eigenvalue weighted by Gasteiger charge is -2.39. The number of aliphatic hydroxyl groups is 1. The molecule has 3 atom stereocenters. The van der Waals surface area contributed by atoms with Gasteiger partial charge in [0.25, 0.3) is 5.56 Å². The highest BCUT2D eigenvalue weighted by Crippen LogP contribution is 2.41.